The van der Waals surface area contributed by atoms with Crippen LogP contribution in [0.2, 0.25) is 0 Å². The lowest BCUT2D eigenvalue weighted by molar-refractivity contribution is 1.07. The fraction of sp³-hybridized carbons (Fsp3) is 0.0400. The number of hydrogen-bond donors (Lipinski definition) is 0. The molecule has 2 nitrogen and oxygen atoms in total. The molecule has 0 bridgehead atoms. The van der Waals surface area contributed by atoms with Gasteiger partial charge in [-0.25, -0.2) is 9.97 Å². The summed E-state index contributed by atoms with van der Waals surface area (Å²) in [6.07, 6.45) is 9.53. The summed E-state index contributed by atoms with van der Waals surface area (Å²) < 4.78 is 0. The summed E-state index contributed by atoms with van der Waals surface area (Å²) in [7, 11) is 0. The van der Waals surface area contributed by atoms with Crippen molar-refractivity contribution >= 4 is 11.1 Å². The van der Waals surface area contributed by atoms with Gasteiger partial charge in [0.15, 0.2) is 5.82 Å². The molecule has 0 radical (unpaired) electrons. The molecule has 0 unspecified atom stereocenters. The molecule has 6 aromatic carbocycles. The molecule has 0 saturated carbocycles. The predicted octanol–water partition coefficient (Wildman–Crippen LogP) is 12.7. The molecule has 0 saturated heterocycles. The summed E-state index contributed by atoms with van der Waals surface area (Å²) in [6.45, 7) is 6.72. The van der Waals surface area contributed by atoms with Gasteiger partial charge in [0.25, 0.3) is 0 Å². The first kappa shape index (κ1) is 32.6. The summed E-state index contributed by atoms with van der Waals surface area (Å²) >= 11 is 0. The van der Waals surface area contributed by atoms with E-state index < -0.39 is 0 Å². The van der Waals surface area contributed by atoms with E-state index in [-0.39, 0.29) is 0 Å². The van der Waals surface area contributed by atoms with Crippen molar-refractivity contribution in [1.29, 1.82) is 0 Å². The number of hydrogen-bond acceptors (Lipinski definition) is 2. The fourth-order valence-corrected chi connectivity index (χ4v) is 7.28. The number of aromatic nitrogens is 2. The molecular formula is C50H38N2. The molecule has 2 aliphatic rings. The third kappa shape index (κ3) is 6.39. The number of fused-ring (bicyclic) bond motifs is 4. The van der Waals surface area contributed by atoms with Gasteiger partial charge in [0.2, 0.25) is 0 Å². The molecule has 0 atom stereocenters. The highest BCUT2D eigenvalue weighted by Gasteiger charge is 2.28. The molecule has 0 amide bonds. The van der Waals surface area contributed by atoms with E-state index in [0.29, 0.717) is 0 Å². The average molecular weight is 667 g/mol. The lowest BCUT2D eigenvalue weighted by Crippen LogP contribution is -2.05. The first-order chi connectivity index (χ1) is 25.7. The van der Waals surface area contributed by atoms with Crippen molar-refractivity contribution in [1.82, 2.24) is 9.97 Å². The first-order valence-electron chi connectivity index (χ1n) is 17.8. The molecular weight excluding hydrogens is 629 g/mol. The summed E-state index contributed by atoms with van der Waals surface area (Å²) in [5.74, 6) is 0.754. The second kappa shape index (κ2) is 14.7. The Morgan fingerprint density at radius 1 is 0.462 bits per heavy atom. The van der Waals surface area contributed by atoms with Crippen LogP contribution in [0, 0.1) is 0 Å². The van der Waals surface area contributed by atoms with E-state index in [1.54, 1.807) is 12.2 Å². The maximum Gasteiger partial charge on any atom is 0.160 e. The van der Waals surface area contributed by atoms with E-state index >= 15 is 0 Å². The SMILES string of the molecule is C1=CC2=C(Cc3ccccc32)c2nc(-c3cccc(-c4cccc(-c5ccccc5-c5ccccc5)c4)c3)nc(-c3ccccc3)c2C1.C=CC=C. The number of nitrogens with zero attached hydrogens (tertiary/aromatic N) is 2. The molecule has 2 aliphatic carbocycles. The number of benzene rings is 6. The molecule has 0 N–H and O–H groups in total. The average Bonchev–Trinajstić information content (AvgIpc) is 3.49. The minimum Gasteiger partial charge on any atom is -0.228 e. The highest BCUT2D eigenvalue weighted by molar-refractivity contribution is 6.02. The Hall–Kier alpha value is -6.64. The smallest absolute Gasteiger partial charge is 0.160 e. The topological polar surface area (TPSA) is 25.8 Å². The Bertz CT molecular complexity index is 2480. The highest BCUT2D eigenvalue weighted by Crippen LogP contribution is 2.43. The second-order valence-corrected chi connectivity index (χ2v) is 13.0. The molecule has 9 rings (SSSR count). The lowest BCUT2D eigenvalue weighted by Gasteiger charge is -2.16. The monoisotopic (exact) mass is 666 g/mol. The van der Waals surface area contributed by atoms with Gasteiger partial charge in [-0.1, -0.05) is 183 Å². The Balaban J connectivity index is 0.000000922. The van der Waals surface area contributed by atoms with Crippen molar-refractivity contribution in [3.8, 4) is 56.0 Å². The molecule has 1 aromatic heterocycles. The minimum atomic E-state index is 0.754. The van der Waals surface area contributed by atoms with Crippen LogP contribution in [-0.4, -0.2) is 9.97 Å². The van der Waals surface area contributed by atoms with E-state index in [1.807, 2.05) is 0 Å². The van der Waals surface area contributed by atoms with Crippen LogP contribution >= 0.6 is 0 Å². The number of rotatable bonds is 6. The Morgan fingerprint density at radius 2 is 0.981 bits per heavy atom. The maximum atomic E-state index is 5.39. The van der Waals surface area contributed by atoms with Crippen LogP contribution in [0.3, 0.4) is 0 Å². The zero-order valence-corrected chi connectivity index (χ0v) is 29.0. The van der Waals surface area contributed by atoms with E-state index in [2.05, 4.69) is 183 Å². The lowest BCUT2D eigenvalue weighted by atomic mass is 9.92. The van der Waals surface area contributed by atoms with Crippen LogP contribution in [0.4, 0.5) is 0 Å². The fourth-order valence-electron chi connectivity index (χ4n) is 7.28. The van der Waals surface area contributed by atoms with Crippen LogP contribution in [0.1, 0.15) is 22.4 Å². The van der Waals surface area contributed by atoms with Gasteiger partial charge in [-0.3, -0.25) is 0 Å². The predicted molar refractivity (Wildman–Crippen MR) is 219 cm³/mol. The molecule has 0 aliphatic heterocycles. The van der Waals surface area contributed by atoms with Crippen molar-refractivity contribution in [2.45, 2.75) is 12.8 Å². The minimum absolute atomic E-state index is 0.754. The van der Waals surface area contributed by atoms with Gasteiger partial charge >= 0.3 is 0 Å². The largest absolute Gasteiger partial charge is 0.228 e. The maximum absolute atomic E-state index is 5.39. The number of allylic oxidation sites excluding steroid dienone is 6. The highest BCUT2D eigenvalue weighted by atomic mass is 14.9. The van der Waals surface area contributed by atoms with E-state index in [4.69, 9.17) is 9.97 Å². The quantitative estimate of drug-likeness (QED) is 0.165. The second-order valence-electron chi connectivity index (χ2n) is 13.0. The van der Waals surface area contributed by atoms with Crippen LogP contribution < -0.4 is 0 Å². The third-order valence-corrected chi connectivity index (χ3v) is 9.75. The van der Waals surface area contributed by atoms with Crippen LogP contribution in [0.5, 0.6) is 0 Å². The van der Waals surface area contributed by atoms with E-state index in [9.17, 15) is 0 Å². The summed E-state index contributed by atoms with van der Waals surface area (Å²) in [6, 6.07) is 56.1. The standard InChI is InChI=1S/C46H32N2.C4H6/c1-3-14-31(15-4-1)38-23-9-10-24-39(38)35-21-11-19-33(28-35)34-20-12-22-37(29-34)46-47-44(32-16-5-2-6-17-32)42-27-13-26-41-40-25-8-7-18-36(40)30-43(41)45(42)48-46;1-3-4-2/h1-26,28-29H,27,30H2;3-4H,1-2H2. The Morgan fingerprint density at radius 3 is 1.67 bits per heavy atom. The molecule has 248 valence electrons. The van der Waals surface area contributed by atoms with Gasteiger partial charge in [-0.05, 0) is 74.2 Å². The molecule has 7 aromatic rings. The van der Waals surface area contributed by atoms with Crippen molar-refractivity contribution in [3.63, 3.8) is 0 Å². The van der Waals surface area contributed by atoms with Gasteiger partial charge < -0.3 is 0 Å². The van der Waals surface area contributed by atoms with Crippen LogP contribution in [0.15, 0.2) is 195 Å². The summed E-state index contributed by atoms with van der Waals surface area (Å²) in [5.41, 5.74) is 17.8. The molecule has 0 fully saturated rings. The Kier molecular flexibility index (Phi) is 9.19. The summed E-state index contributed by atoms with van der Waals surface area (Å²) in [4.78, 5) is 10.7. The van der Waals surface area contributed by atoms with E-state index in [0.717, 1.165) is 52.3 Å². The van der Waals surface area contributed by atoms with Gasteiger partial charge in [-0.15, -0.1) is 0 Å². The van der Waals surface area contributed by atoms with Gasteiger partial charge in [0.1, 0.15) is 0 Å². The van der Waals surface area contributed by atoms with Crippen molar-refractivity contribution < 1.29 is 0 Å². The zero-order valence-electron chi connectivity index (χ0n) is 29.0. The third-order valence-electron chi connectivity index (χ3n) is 9.75. The van der Waals surface area contributed by atoms with Crippen molar-refractivity contribution in [3.05, 3.63) is 218 Å². The Labute approximate surface area is 306 Å². The zero-order chi connectivity index (χ0) is 35.3. The first-order valence-corrected chi connectivity index (χ1v) is 17.8. The van der Waals surface area contributed by atoms with E-state index in [1.165, 1.54) is 50.1 Å². The molecule has 2 heteroatoms. The normalized spacial score (nSPS) is 12.5. The molecule has 52 heavy (non-hydrogen) atoms. The van der Waals surface area contributed by atoms with Crippen molar-refractivity contribution in [2.24, 2.45) is 0 Å². The van der Waals surface area contributed by atoms with Crippen molar-refractivity contribution in [2.75, 3.05) is 0 Å². The molecule has 0 spiro atoms. The molecule has 1 heterocycles. The van der Waals surface area contributed by atoms with Gasteiger partial charge in [0, 0.05) is 23.1 Å². The van der Waals surface area contributed by atoms with Gasteiger partial charge in [-0.2, -0.15) is 0 Å². The van der Waals surface area contributed by atoms with Gasteiger partial charge in [0.05, 0.1) is 11.4 Å². The van der Waals surface area contributed by atoms with Crippen LogP contribution in [0.25, 0.3) is 67.2 Å². The summed E-state index contributed by atoms with van der Waals surface area (Å²) in [5, 5.41) is 0. The van der Waals surface area contributed by atoms with Crippen LogP contribution in [-0.2, 0) is 12.8 Å².